The molecule has 0 radical (unpaired) electrons. The van der Waals surface area contributed by atoms with E-state index in [0.29, 0.717) is 11.7 Å². The van der Waals surface area contributed by atoms with Crippen LogP contribution in [0.2, 0.25) is 0 Å². The molecule has 0 saturated carbocycles. The van der Waals surface area contributed by atoms with E-state index < -0.39 is 0 Å². The van der Waals surface area contributed by atoms with E-state index in [0.717, 1.165) is 49.2 Å². The minimum absolute atomic E-state index is 0.292. The fourth-order valence-electron chi connectivity index (χ4n) is 2.75. The second-order valence-corrected chi connectivity index (χ2v) is 7.05. The number of hydrogen-bond donors (Lipinski definition) is 0. The van der Waals surface area contributed by atoms with Crippen molar-refractivity contribution in [2.75, 3.05) is 38.2 Å². The van der Waals surface area contributed by atoms with Crippen LogP contribution in [0.1, 0.15) is 31.2 Å². The van der Waals surface area contributed by atoms with Crippen molar-refractivity contribution < 1.29 is 9.13 Å². The smallest absolute Gasteiger partial charge is 0.205 e. The molecule has 24 heavy (non-hydrogen) atoms. The zero-order valence-electron chi connectivity index (χ0n) is 14.3. The largest absolute Gasteiger partial charge is 0.494 e. The van der Waals surface area contributed by atoms with Crippen LogP contribution in [0.15, 0.2) is 18.2 Å². The Kier molecular flexibility index (Phi) is 5.30. The Morgan fingerprint density at radius 3 is 2.58 bits per heavy atom. The lowest BCUT2D eigenvalue weighted by molar-refractivity contribution is 0.249. The summed E-state index contributed by atoms with van der Waals surface area (Å²) in [6.07, 6.45) is 0. The van der Waals surface area contributed by atoms with E-state index in [1.807, 2.05) is 6.07 Å². The summed E-state index contributed by atoms with van der Waals surface area (Å²) in [6, 6.07) is 5.18. The van der Waals surface area contributed by atoms with Gasteiger partial charge in [-0.05, 0) is 17.7 Å². The number of benzene rings is 1. The van der Waals surface area contributed by atoms with Crippen LogP contribution in [0.3, 0.4) is 0 Å². The molecule has 1 aromatic carbocycles. The van der Waals surface area contributed by atoms with Crippen molar-refractivity contribution in [3.63, 3.8) is 0 Å². The molecule has 0 bridgehead atoms. The Morgan fingerprint density at radius 2 is 2.00 bits per heavy atom. The molecule has 0 atom stereocenters. The summed E-state index contributed by atoms with van der Waals surface area (Å²) in [6.45, 7) is 8.68. The van der Waals surface area contributed by atoms with Crippen LogP contribution in [0.25, 0.3) is 0 Å². The van der Waals surface area contributed by atoms with Crippen LogP contribution in [0, 0.1) is 5.82 Å². The molecule has 0 aliphatic carbocycles. The number of piperazine rings is 1. The molecular formula is C17H23FN4OS. The van der Waals surface area contributed by atoms with Gasteiger partial charge >= 0.3 is 0 Å². The third-order valence-electron chi connectivity index (χ3n) is 4.21. The first-order valence-corrected chi connectivity index (χ1v) is 8.97. The molecule has 1 saturated heterocycles. The summed E-state index contributed by atoms with van der Waals surface area (Å²) in [5.74, 6) is 1.27. The standard InChI is InChI=1S/C17H23FN4OS/c1-12(2)16-19-17(24-20-16)22-8-6-21(7-9-22)11-13-4-5-15(23-3)14(18)10-13/h4-5,10,12H,6-9,11H2,1-3H3. The SMILES string of the molecule is COc1ccc(CN2CCN(c3nc(C(C)C)ns3)CC2)cc1F. The fourth-order valence-corrected chi connectivity index (χ4v) is 3.61. The van der Waals surface area contributed by atoms with Gasteiger partial charge in [0.2, 0.25) is 5.13 Å². The van der Waals surface area contributed by atoms with Crippen LogP contribution in [0.4, 0.5) is 9.52 Å². The molecule has 1 aliphatic rings. The second kappa shape index (κ2) is 7.44. The molecule has 2 aromatic rings. The number of halogens is 1. The van der Waals surface area contributed by atoms with E-state index in [4.69, 9.17) is 4.74 Å². The third kappa shape index (κ3) is 3.84. The summed E-state index contributed by atoms with van der Waals surface area (Å²) < 4.78 is 23.2. The van der Waals surface area contributed by atoms with Gasteiger partial charge in [0.15, 0.2) is 11.6 Å². The lowest BCUT2D eigenvalue weighted by atomic mass is 10.2. The lowest BCUT2D eigenvalue weighted by Gasteiger charge is -2.34. The topological polar surface area (TPSA) is 41.5 Å². The molecule has 7 heteroatoms. The molecule has 0 unspecified atom stereocenters. The molecule has 2 heterocycles. The van der Waals surface area contributed by atoms with E-state index in [1.54, 1.807) is 12.1 Å². The Labute approximate surface area is 146 Å². The van der Waals surface area contributed by atoms with Crippen LogP contribution >= 0.6 is 11.5 Å². The third-order valence-corrected chi connectivity index (χ3v) is 5.00. The number of ether oxygens (including phenoxy) is 1. The van der Waals surface area contributed by atoms with Gasteiger partial charge in [-0.3, -0.25) is 4.90 Å². The number of methoxy groups -OCH3 is 1. The Balaban J connectivity index is 1.55. The van der Waals surface area contributed by atoms with Crippen molar-refractivity contribution in [2.24, 2.45) is 0 Å². The summed E-state index contributed by atoms with van der Waals surface area (Å²) in [4.78, 5) is 9.25. The van der Waals surface area contributed by atoms with Crippen LogP contribution in [-0.2, 0) is 6.54 Å². The van der Waals surface area contributed by atoms with E-state index in [9.17, 15) is 4.39 Å². The number of aromatic nitrogens is 2. The van der Waals surface area contributed by atoms with Gasteiger partial charge in [-0.1, -0.05) is 19.9 Å². The van der Waals surface area contributed by atoms with E-state index >= 15 is 0 Å². The Hall–Kier alpha value is -1.73. The van der Waals surface area contributed by atoms with Crippen molar-refractivity contribution in [3.05, 3.63) is 35.4 Å². The minimum Gasteiger partial charge on any atom is -0.494 e. The predicted molar refractivity (Wildman–Crippen MR) is 94.4 cm³/mol. The van der Waals surface area contributed by atoms with Gasteiger partial charge < -0.3 is 9.64 Å². The average Bonchev–Trinajstić information content (AvgIpc) is 3.06. The van der Waals surface area contributed by atoms with Gasteiger partial charge in [-0.15, -0.1) is 0 Å². The molecule has 1 fully saturated rings. The number of anilines is 1. The highest BCUT2D eigenvalue weighted by atomic mass is 32.1. The van der Waals surface area contributed by atoms with Crippen LogP contribution < -0.4 is 9.64 Å². The van der Waals surface area contributed by atoms with Crippen LogP contribution in [-0.4, -0.2) is 47.5 Å². The molecule has 0 N–H and O–H groups in total. The van der Waals surface area contributed by atoms with Gasteiger partial charge in [-0.2, -0.15) is 4.37 Å². The highest BCUT2D eigenvalue weighted by molar-refractivity contribution is 7.09. The highest BCUT2D eigenvalue weighted by Gasteiger charge is 2.21. The first-order valence-electron chi connectivity index (χ1n) is 8.20. The molecule has 1 aromatic heterocycles. The lowest BCUT2D eigenvalue weighted by Crippen LogP contribution is -2.46. The zero-order chi connectivity index (χ0) is 17.1. The Bertz CT molecular complexity index is 683. The first-order chi connectivity index (χ1) is 11.6. The van der Waals surface area contributed by atoms with Crippen molar-refractivity contribution >= 4 is 16.7 Å². The van der Waals surface area contributed by atoms with E-state index in [2.05, 4.69) is 33.0 Å². The minimum atomic E-state index is -0.302. The van der Waals surface area contributed by atoms with Crippen molar-refractivity contribution in [1.82, 2.24) is 14.3 Å². The normalized spacial score (nSPS) is 16.0. The summed E-state index contributed by atoms with van der Waals surface area (Å²) in [5.41, 5.74) is 0.972. The second-order valence-electron chi connectivity index (χ2n) is 6.32. The van der Waals surface area contributed by atoms with Gasteiger partial charge in [-0.25, -0.2) is 9.37 Å². The van der Waals surface area contributed by atoms with Crippen LogP contribution in [0.5, 0.6) is 5.75 Å². The Morgan fingerprint density at radius 1 is 1.25 bits per heavy atom. The fraction of sp³-hybridized carbons (Fsp3) is 0.529. The molecule has 1 aliphatic heterocycles. The van der Waals surface area contributed by atoms with Crippen molar-refractivity contribution in [1.29, 1.82) is 0 Å². The van der Waals surface area contributed by atoms with E-state index in [1.165, 1.54) is 18.6 Å². The predicted octanol–water partition coefficient (Wildman–Crippen LogP) is 3.13. The molecule has 0 spiro atoms. The maximum absolute atomic E-state index is 13.8. The zero-order valence-corrected chi connectivity index (χ0v) is 15.1. The van der Waals surface area contributed by atoms with Gasteiger partial charge in [0.05, 0.1) is 7.11 Å². The number of nitrogens with zero attached hydrogens (tertiary/aromatic N) is 4. The maximum atomic E-state index is 13.8. The molecule has 130 valence electrons. The number of rotatable bonds is 5. The van der Waals surface area contributed by atoms with E-state index in [-0.39, 0.29) is 5.82 Å². The average molecular weight is 350 g/mol. The monoisotopic (exact) mass is 350 g/mol. The van der Waals surface area contributed by atoms with Gasteiger partial charge in [0, 0.05) is 50.2 Å². The summed E-state index contributed by atoms with van der Waals surface area (Å²) in [5, 5.41) is 1.01. The van der Waals surface area contributed by atoms with Crippen molar-refractivity contribution in [3.8, 4) is 5.75 Å². The number of hydrogen-bond acceptors (Lipinski definition) is 6. The van der Waals surface area contributed by atoms with Crippen molar-refractivity contribution in [2.45, 2.75) is 26.3 Å². The summed E-state index contributed by atoms with van der Waals surface area (Å²) >= 11 is 1.48. The molecule has 5 nitrogen and oxygen atoms in total. The molecular weight excluding hydrogens is 327 g/mol. The first kappa shape index (κ1) is 17.1. The maximum Gasteiger partial charge on any atom is 0.205 e. The molecule has 3 rings (SSSR count). The molecule has 0 amide bonds. The quantitative estimate of drug-likeness (QED) is 0.829. The summed E-state index contributed by atoms with van der Waals surface area (Å²) in [7, 11) is 1.48. The van der Waals surface area contributed by atoms with Gasteiger partial charge in [0.1, 0.15) is 5.82 Å². The highest BCUT2D eigenvalue weighted by Crippen LogP contribution is 2.23. The van der Waals surface area contributed by atoms with Gasteiger partial charge in [0.25, 0.3) is 0 Å².